The number of hydrogen-bond donors (Lipinski definition) is 1. The lowest BCUT2D eigenvalue weighted by Crippen LogP contribution is -2.47. The van der Waals surface area contributed by atoms with Crippen LogP contribution in [0.15, 0.2) is 58.4 Å². The van der Waals surface area contributed by atoms with Gasteiger partial charge in [-0.3, -0.25) is 10.2 Å². The van der Waals surface area contributed by atoms with Gasteiger partial charge >= 0.3 is 0 Å². The Kier molecular flexibility index (Phi) is 2.50. The van der Waals surface area contributed by atoms with E-state index in [1.54, 1.807) is 42.5 Å². The minimum atomic E-state index is -3.84. The van der Waals surface area contributed by atoms with Crippen LogP contribution < -0.4 is 0 Å². The van der Waals surface area contributed by atoms with E-state index in [1.165, 1.54) is 6.07 Å². The summed E-state index contributed by atoms with van der Waals surface area (Å²) in [5.74, 6) is -0.553. The van der Waals surface area contributed by atoms with Gasteiger partial charge in [0.25, 0.3) is 0 Å². The number of para-hydroxylation sites is 1. The lowest BCUT2D eigenvalue weighted by atomic mass is 9.87. The number of Topliss-reactive ketones (excluding diaryl/α,β-unsaturated/α-hetero) is 1. The number of benzene rings is 2. The second kappa shape index (κ2) is 4.20. The molecule has 6 heteroatoms. The van der Waals surface area contributed by atoms with Gasteiger partial charge in [-0.05, 0) is 12.1 Å². The number of carbonyl (C=O) groups excluding carboxylic acids is 1. The molecule has 1 aliphatic carbocycles. The summed E-state index contributed by atoms with van der Waals surface area (Å²) in [6.07, 6.45) is 0. The number of nitrogens with zero attached hydrogens (tertiary/aromatic N) is 1. The lowest BCUT2D eigenvalue weighted by Gasteiger charge is -2.29. The number of nitrogens with one attached hydrogen (secondary N) is 1. The summed E-state index contributed by atoms with van der Waals surface area (Å²) in [7, 11) is -3.84. The van der Waals surface area contributed by atoms with Crippen LogP contribution in [0.2, 0.25) is 0 Å². The highest BCUT2D eigenvalue weighted by atomic mass is 32.2. The zero-order valence-corrected chi connectivity index (χ0v) is 12.1. The number of hydrogen-bond acceptors (Lipinski definition) is 5. The quantitative estimate of drug-likeness (QED) is 0.809. The fraction of sp³-hybridized carbons (Fsp3) is 0.0625. The molecule has 0 fully saturated rings. The van der Waals surface area contributed by atoms with E-state index in [0.717, 1.165) is 0 Å². The van der Waals surface area contributed by atoms with E-state index >= 15 is 0 Å². The number of aliphatic imine (C=N–C) groups is 1. The number of fused-ring (bicyclic) bond motifs is 4. The third-order valence-electron chi connectivity index (χ3n) is 3.93. The van der Waals surface area contributed by atoms with Gasteiger partial charge in [0.1, 0.15) is 5.71 Å². The monoisotopic (exact) mass is 310 g/mol. The SMILES string of the molecule is N=C1C(=O)c2ccccc2C2=Nc3ccccc3S(=O)(=O)C12. The molecule has 0 aromatic heterocycles. The largest absolute Gasteiger partial charge is 0.299 e. The normalized spacial score (nSPS) is 21.5. The molecule has 108 valence electrons. The van der Waals surface area contributed by atoms with Gasteiger partial charge < -0.3 is 0 Å². The van der Waals surface area contributed by atoms with Gasteiger partial charge in [-0.2, -0.15) is 0 Å². The molecule has 1 aliphatic heterocycles. The van der Waals surface area contributed by atoms with Crippen molar-refractivity contribution in [1.29, 1.82) is 5.41 Å². The molecule has 1 atom stereocenters. The summed E-state index contributed by atoms with van der Waals surface area (Å²) in [6.45, 7) is 0. The minimum Gasteiger partial charge on any atom is -0.299 e. The average molecular weight is 310 g/mol. The van der Waals surface area contributed by atoms with Crippen LogP contribution in [-0.2, 0) is 9.84 Å². The van der Waals surface area contributed by atoms with Gasteiger partial charge in [-0.15, -0.1) is 0 Å². The standard InChI is InChI=1S/C16H10N2O3S/c17-13-15(19)10-6-2-1-5-9(10)14-16(13)22(20,21)12-8-4-3-7-11(12)18-14/h1-8,16-17H. The summed E-state index contributed by atoms with van der Waals surface area (Å²) >= 11 is 0. The van der Waals surface area contributed by atoms with Crippen molar-refractivity contribution in [1.82, 2.24) is 0 Å². The van der Waals surface area contributed by atoms with Gasteiger partial charge in [0.2, 0.25) is 5.78 Å². The smallest absolute Gasteiger partial charge is 0.208 e. The van der Waals surface area contributed by atoms with Crippen LogP contribution in [-0.4, -0.2) is 30.9 Å². The van der Waals surface area contributed by atoms with E-state index in [0.29, 0.717) is 16.8 Å². The molecular weight excluding hydrogens is 300 g/mol. The van der Waals surface area contributed by atoms with Crippen LogP contribution in [0.3, 0.4) is 0 Å². The number of carbonyl (C=O) groups is 1. The average Bonchev–Trinajstić information content (AvgIpc) is 2.52. The molecule has 2 aliphatic rings. The maximum Gasteiger partial charge on any atom is 0.208 e. The van der Waals surface area contributed by atoms with Gasteiger partial charge in [-0.25, -0.2) is 13.4 Å². The van der Waals surface area contributed by atoms with Gasteiger partial charge in [0.15, 0.2) is 15.1 Å². The van der Waals surface area contributed by atoms with Gasteiger partial charge in [-0.1, -0.05) is 36.4 Å². The highest BCUT2D eigenvalue weighted by Crippen LogP contribution is 2.37. The minimum absolute atomic E-state index is 0.0701. The van der Waals surface area contributed by atoms with Crippen molar-refractivity contribution >= 4 is 32.7 Å². The van der Waals surface area contributed by atoms with E-state index in [2.05, 4.69) is 4.99 Å². The Morgan fingerprint density at radius 3 is 2.36 bits per heavy atom. The third-order valence-corrected chi connectivity index (χ3v) is 5.96. The predicted octanol–water partition coefficient (Wildman–Crippen LogP) is 2.18. The first kappa shape index (κ1) is 13.1. The first-order chi connectivity index (χ1) is 10.5. The third kappa shape index (κ3) is 1.52. The maximum atomic E-state index is 12.8. The Morgan fingerprint density at radius 1 is 0.955 bits per heavy atom. The van der Waals surface area contributed by atoms with Gasteiger partial charge in [0, 0.05) is 11.1 Å². The van der Waals surface area contributed by atoms with Crippen molar-refractivity contribution in [3.05, 3.63) is 59.7 Å². The Morgan fingerprint density at radius 2 is 1.59 bits per heavy atom. The molecule has 5 nitrogen and oxygen atoms in total. The zero-order valence-electron chi connectivity index (χ0n) is 11.3. The van der Waals surface area contributed by atoms with Crippen molar-refractivity contribution in [3.63, 3.8) is 0 Å². The lowest BCUT2D eigenvalue weighted by molar-refractivity contribution is 0.106. The molecule has 1 unspecified atom stereocenters. The van der Waals surface area contributed by atoms with Crippen molar-refractivity contribution in [2.24, 2.45) is 4.99 Å². The van der Waals surface area contributed by atoms with E-state index < -0.39 is 26.6 Å². The van der Waals surface area contributed by atoms with E-state index in [1.807, 2.05) is 0 Å². The summed E-state index contributed by atoms with van der Waals surface area (Å²) < 4.78 is 25.7. The second-order valence-electron chi connectivity index (χ2n) is 5.18. The highest BCUT2D eigenvalue weighted by Gasteiger charge is 2.47. The molecule has 0 bridgehead atoms. The predicted molar refractivity (Wildman–Crippen MR) is 82.1 cm³/mol. The molecule has 0 amide bonds. The van der Waals surface area contributed by atoms with E-state index in [-0.39, 0.29) is 10.6 Å². The fourth-order valence-electron chi connectivity index (χ4n) is 2.91. The summed E-state index contributed by atoms with van der Waals surface area (Å²) in [5, 5.41) is 6.72. The van der Waals surface area contributed by atoms with E-state index in [9.17, 15) is 13.2 Å². The summed E-state index contributed by atoms with van der Waals surface area (Å²) in [5.41, 5.74) is 1.00. The topological polar surface area (TPSA) is 87.4 Å². The fourth-order valence-corrected chi connectivity index (χ4v) is 4.73. The highest BCUT2D eigenvalue weighted by molar-refractivity contribution is 7.94. The summed E-state index contributed by atoms with van der Waals surface area (Å²) in [6, 6.07) is 13.1. The van der Waals surface area contributed by atoms with Crippen LogP contribution in [0.25, 0.3) is 0 Å². The molecule has 4 rings (SSSR count). The summed E-state index contributed by atoms with van der Waals surface area (Å²) in [4.78, 5) is 16.8. The van der Waals surface area contributed by atoms with Crippen LogP contribution >= 0.6 is 0 Å². The molecule has 2 aromatic rings. The van der Waals surface area contributed by atoms with Crippen LogP contribution in [0.4, 0.5) is 5.69 Å². The molecular formula is C16H10N2O3S. The molecule has 22 heavy (non-hydrogen) atoms. The van der Waals surface area contributed by atoms with Crippen molar-refractivity contribution < 1.29 is 13.2 Å². The number of ketones is 1. The van der Waals surface area contributed by atoms with Crippen LogP contribution in [0, 0.1) is 5.41 Å². The molecule has 1 heterocycles. The Bertz CT molecular complexity index is 990. The van der Waals surface area contributed by atoms with Crippen LogP contribution in [0.1, 0.15) is 15.9 Å². The Hall–Kier alpha value is -2.60. The molecule has 0 saturated carbocycles. The molecule has 1 N–H and O–H groups in total. The molecule has 2 aromatic carbocycles. The van der Waals surface area contributed by atoms with Crippen molar-refractivity contribution in [2.75, 3.05) is 0 Å². The zero-order chi connectivity index (χ0) is 15.5. The van der Waals surface area contributed by atoms with Gasteiger partial charge in [0.05, 0.1) is 16.3 Å². The van der Waals surface area contributed by atoms with Crippen LogP contribution in [0.5, 0.6) is 0 Å². The second-order valence-corrected chi connectivity index (χ2v) is 7.18. The Labute approximate surface area is 126 Å². The Balaban J connectivity index is 2.13. The van der Waals surface area contributed by atoms with E-state index in [4.69, 9.17) is 5.41 Å². The molecule has 0 spiro atoms. The number of rotatable bonds is 0. The number of sulfone groups is 1. The molecule has 0 radical (unpaired) electrons. The van der Waals surface area contributed by atoms with Crippen molar-refractivity contribution in [2.45, 2.75) is 10.1 Å². The molecule has 0 saturated heterocycles. The maximum absolute atomic E-state index is 12.8. The first-order valence-electron chi connectivity index (χ1n) is 6.66. The van der Waals surface area contributed by atoms with Crippen molar-refractivity contribution in [3.8, 4) is 0 Å². The first-order valence-corrected chi connectivity index (χ1v) is 8.20.